The van der Waals surface area contributed by atoms with Gasteiger partial charge in [-0.05, 0) is 55.9 Å². The molecule has 0 saturated carbocycles. The number of amides is 1. The number of aryl methyl sites for hydroxylation is 2. The van der Waals surface area contributed by atoms with Crippen molar-refractivity contribution in [1.29, 1.82) is 0 Å². The Balaban J connectivity index is 1.69. The Hall–Kier alpha value is -3.63. The largest absolute Gasteiger partial charge is 0.493 e. The van der Waals surface area contributed by atoms with E-state index in [-0.39, 0.29) is 34.4 Å². The summed E-state index contributed by atoms with van der Waals surface area (Å²) in [7, 11) is 1.46. The van der Waals surface area contributed by atoms with E-state index in [4.69, 9.17) is 21.7 Å². The molecular formula is C24H21N3O5S2. The predicted octanol–water partition coefficient (Wildman–Crippen LogP) is 5.14. The van der Waals surface area contributed by atoms with Gasteiger partial charge in [-0.3, -0.25) is 19.6 Å². The fourth-order valence-electron chi connectivity index (χ4n) is 3.60. The van der Waals surface area contributed by atoms with Crippen LogP contribution in [0.1, 0.15) is 22.5 Å². The van der Waals surface area contributed by atoms with Crippen LogP contribution < -0.4 is 14.5 Å². The Morgan fingerprint density at radius 1 is 1.09 bits per heavy atom. The quantitative estimate of drug-likeness (QED) is 0.194. The number of thioether (sulfide) groups is 1. The van der Waals surface area contributed by atoms with Gasteiger partial charge in [-0.25, -0.2) is 0 Å². The average molecular weight is 496 g/mol. The second kappa shape index (κ2) is 9.70. The van der Waals surface area contributed by atoms with Gasteiger partial charge in [0.2, 0.25) is 0 Å². The Kier molecular flexibility index (Phi) is 6.71. The number of benzene rings is 2. The van der Waals surface area contributed by atoms with Gasteiger partial charge in [0.15, 0.2) is 15.8 Å². The molecule has 0 bridgehead atoms. The standard InChI is InChI=1S/C24H21N3O5S2/c1-15-9-10-16(2)25(15)26-23(28)22(34-24(26)33)12-18-11-20(31-3)21(13-19(18)27(29)30)32-14-17-7-5-4-6-8-17/h4-13H,14H2,1-3H3/b22-12+. The maximum atomic E-state index is 13.2. The minimum absolute atomic E-state index is 0.206. The summed E-state index contributed by atoms with van der Waals surface area (Å²) in [6, 6.07) is 16.0. The van der Waals surface area contributed by atoms with E-state index in [0.29, 0.717) is 10.1 Å². The number of thiocarbonyl (C=S) groups is 1. The smallest absolute Gasteiger partial charge is 0.285 e. The van der Waals surface area contributed by atoms with Crippen molar-refractivity contribution < 1.29 is 19.2 Å². The Morgan fingerprint density at radius 2 is 1.76 bits per heavy atom. The third-order valence-corrected chi connectivity index (χ3v) is 6.52. The molecule has 1 fully saturated rings. The maximum Gasteiger partial charge on any atom is 0.285 e. The minimum Gasteiger partial charge on any atom is -0.493 e. The summed E-state index contributed by atoms with van der Waals surface area (Å²) in [4.78, 5) is 24.8. The molecule has 1 aliphatic heterocycles. The summed E-state index contributed by atoms with van der Waals surface area (Å²) < 4.78 is 13.3. The van der Waals surface area contributed by atoms with Gasteiger partial charge in [-0.2, -0.15) is 5.01 Å². The highest BCUT2D eigenvalue weighted by Gasteiger charge is 2.35. The lowest BCUT2D eigenvalue weighted by molar-refractivity contribution is -0.385. The topological polar surface area (TPSA) is 86.8 Å². The molecule has 10 heteroatoms. The number of methoxy groups -OCH3 is 1. The van der Waals surface area contributed by atoms with Crippen molar-refractivity contribution in [2.45, 2.75) is 20.5 Å². The van der Waals surface area contributed by atoms with E-state index in [9.17, 15) is 14.9 Å². The van der Waals surface area contributed by atoms with E-state index in [1.807, 2.05) is 56.3 Å². The van der Waals surface area contributed by atoms with Crippen LogP contribution in [0, 0.1) is 24.0 Å². The molecule has 8 nitrogen and oxygen atoms in total. The van der Waals surface area contributed by atoms with Crippen LogP contribution in [-0.4, -0.2) is 26.9 Å². The molecule has 4 rings (SSSR count). The first-order valence-corrected chi connectivity index (χ1v) is 11.5. The number of rotatable bonds is 7. The Morgan fingerprint density at radius 3 is 2.38 bits per heavy atom. The number of nitro benzene ring substituents is 1. The molecule has 1 amide bonds. The summed E-state index contributed by atoms with van der Waals surface area (Å²) in [5.41, 5.74) is 2.62. The predicted molar refractivity (Wildman–Crippen MR) is 136 cm³/mol. The fourth-order valence-corrected chi connectivity index (χ4v) is 4.83. The molecule has 0 radical (unpaired) electrons. The molecule has 1 aromatic heterocycles. The molecule has 0 aliphatic carbocycles. The number of hydrogen-bond donors (Lipinski definition) is 0. The summed E-state index contributed by atoms with van der Waals surface area (Å²) >= 11 is 6.53. The van der Waals surface area contributed by atoms with Crippen molar-refractivity contribution >= 4 is 46.0 Å². The first-order chi connectivity index (χ1) is 16.3. The van der Waals surface area contributed by atoms with E-state index in [2.05, 4.69) is 0 Å². The van der Waals surface area contributed by atoms with E-state index in [0.717, 1.165) is 28.7 Å². The second-order valence-electron chi connectivity index (χ2n) is 7.51. The normalized spacial score (nSPS) is 14.7. The number of carbonyl (C=O) groups is 1. The molecule has 0 atom stereocenters. The lowest BCUT2D eigenvalue weighted by Crippen LogP contribution is -2.39. The summed E-state index contributed by atoms with van der Waals surface area (Å²) in [5.74, 6) is 0.205. The summed E-state index contributed by atoms with van der Waals surface area (Å²) in [5, 5.41) is 13.3. The third-order valence-electron chi connectivity index (χ3n) is 5.24. The van der Waals surface area contributed by atoms with Crippen LogP contribution in [-0.2, 0) is 11.4 Å². The van der Waals surface area contributed by atoms with Gasteiger partial charge in [0.05, 0.1) is 28.6 Å². The molecule has 3 aromatic rings. The molecule has 2 aromatic carbocycles. The van der Waals surface area contributed by atoms with Crippen LogP contribution in [0.4, 0.5) is 5.69 Å². The van der Waals surface area contributed by atoms with Gasteiger partial charge < -0.3 is 9.47 Å². The van der Waals surface area contributed by atoms with Crippen molar-refractivity contribution in [1.82, 2.24) is 4.68 Å². The van der Waals surface area contributed by atoms with Gasteiger partial charge in [-0.1, -0.05) is 42.1 Å². The molecule has 1 saturated heterocycles. The number of ether oxygens (including phenoxy) is 2. The monoisotopic (exact) mass is 495 g/mol. The van der Waals surface area contributed by atoms with Crippen LogP contribution in [0.5, 0.6) is 11.5 Å². The zero-order chi connectivity index (χ0) is 24.4. The molecule has 0 N–H and O–H groups in total. The first kappa shape index (κ1) is 23.5. The molecular weight excluding hydrogens is 474 g/mol. The van der Waals surface area contributed by atoms with E-state index >= 15 is 0 Å². The fraction of sp³-hybridized carbons (Fsp3) is 0.167. The summed E-state index contributed by atoms with van der Waals surface area (Å²) in [6.45, 7) is 3.97. The van der Waals surface area contributed by atoms with Gasteiger partial charge >= 0.3 is 0 Å². The van der Waals surface area contributed by atoms with E-state index in [1.165, 1.54) is 30.3 Å². The van der Waals surface area contributed by atoms with Crippen LogP contribution in [0.25, 0.3) is 6.08 Å². The Labute approximate surface area is 205 Å². The van der Waals surface area contributed by atoms with Crippen molar-refractivity contribution in [3.05, 3.63) is 92.1 Å². The van der Waals surface area contributed by atoms with Crippen molar-refractivity contribution in [2.24, 2.45) is 0 Å². The number of carbonyl (C=O) groups excluding carboxylic acids is 1. The minimum atomic E-state index is -0.512. The molecule has 2 heterocycles. The van der Waals surface area contributed by atoms with Crippen LogP contribution in [0.3, 0.4) is 0 Å². The molecule has 34 heavy (non-hydrogen) atoms. The lowest BCUT2D eigenvalue weighted by Gasteiger charge is -2.20. The van der Waals surface area contributed by atoms with Gasteiger partial charge in [0, 0.05) is 11.4 Å². The molecule has 1 aliphatic rings. The van der Waals surface area contributed by atoms with Gasteiger partial charge in [0.1, 0.15) is 6.61 Å². The second-order valence-corrected chi connectivity index (χ2v) is 9.19. The molecule has 0 spiro atoms. The lowest BCUT2D eigenvalue weighted by atomic mass is 10.1. The highest BCUT2D eigenvalue weighted by molar-refractivity contribution is 8.27. The Bertz CT molecular complexity index is 1300. The zero-order valence-electron chi connectivity index (χ0n) is 18.7. The number of hydrogen-bond acceptors (Lipinski definition) is 7. The van der Waals surface area contributed by atoms with Crippen molar-refractivity contribution in [2.75, 3.05) is 12.1 Å². The number of nitrogens with zero attached hydrogens (tertiary/aromatic N) is 3. The highest BCUT2D eigenvalue weighted by Crippen LogP contribution is 2.39. The zero-order valence-corrected chi connectivity index (χ0v) is 20.3. The van der Waals surface area contributed by atoms with Crippen LogP contribution in [0.15, 0.2) is 59.5 Å². The number of aromatic nitrogens is 1. The van der Waals surface area contributed by atoms with Crippen molar-refractivity contribution in [3.63, 3.8) is 0 Å². The summed E-state index contributed by atoms with van der Waals surface area (Å²) in [6.07, 6.45) is 1.47. The van der Waals surface area contributed by atoms with E-state index < -0.39 is 4.92 Å². The molecule has 174 valence electrons. The average Bonchev–Trinajstić information content (AvgIpc) is 3.29. The SMILES string of the molecule is COc1cc(/C=C2/SC(=S)N(n3c(C)ccc3C)C2=O)c([N+](=O)[O-])cc1OCc1ccccc1. The van der Waals surface area contributed by atoms with Crippen LogP contribution >= 0.6 is 24.0 Å². The first-order valence-electron chi connectivity index (χ1n) is 10.3. The highest BCUT2D eigenvalue weighted by atomic mass is 32.2. The maximum absolute atomic E-state index is 13.2. The molecule has 0 unspecified atom stereocenters. The van der Waals surface area contributed by atoms with Crippen LogP contribution in [0.2, 0.25) is 0 Å². The van der Waals surface area contributed by atoms with E-state index in [1.54, 1.807) is 4.68 Å². The third kappa shape index (κ3) is 4.55. The van der Waals surface area contributed by atoms with Crippen molar-refractivity contribution in [3.8, 4) is 11.5 Å². The van der Waals surface area contributed by atoms with Gasteiger partial charge in [0.25, 0.3) is 11.6 Å². The van der Waals surface area contributed by atoms with Gasteiger partial charge in [-0.15, -0.1) is 0 Å². The number of nitro groups is 1.